The smallest absolute Gasteiger partial charge is 0.214 e. The molecule has 0 radical (unpaired) electrons. The van der Waals surface area contributed by atoms with Crippen molar-refractivity contribution < 1.29 is 0 Å². The van der Waals surface area contributed by atoms with Gasteiger partial charge in [-0.15, -0.1) is 5.10 Å². The Morgan fingerprint density at radius 2 is 2.22 bits per heavy atom. The van der Waals surface area contributed by atoms with E-state index in [0.717, 1.165) is 40.9 Å². The Labute approximate surface area is 136 Å². The molecule has 4 heterocycles. The Balaban J connectivity index is 1.39. The molecule has 0 aliphatic carbocycles. The Morgan fingerprint density at radius 3 is 3.00 bits per heavy atom. The van der Waals surface area contributed by atoms with E-state index in [4.69, 9.17) is 0 Å². The van der Waals surface area contributed by atoms with Gasteiger partial charge in [0.1, 0.15) is 0 Å². The van der Waals surface area contributed by atoms with Crippen LogP contribution in [-0.4, -0.2) is 35.7 Å². The molecule has 4 rings (SSSR count). The fourth-order valence-electron chi connectivity index (χ4n) is 2.30. The average Bonchev–Trinajstić information content (AvgIpc) is 3.28. The van der Waals surface area contributed by atoms with Gasteiger partial charge in [0.2, 0.25) is 10.1 Å². The van der Waals surface area contributed by atoms with Crippen molar-refractivity contribution >= 4 is 21.4 Å². The number of pyridine rings is 1. The van der Waals surface area contributed by atoms with E-state index in [2.05, 4.69) is 29.9 Å². The molecule has 0 bridgehead atoms. The molecule has 0 aliphatic heterocycles. The zero-order valence-corrected chi connectivity index (χ0v) is 13.1. The van der Waals surface area contributed by atoms with E-state index in [1.54, 1.807) is 23.7 Å². The molecule has 0 spiro atoms. The van der Waals surface area contributed by atoms with E-state index in [1.165, 1.54) is 0 Å². The fraction of sp³-hybridized carbons (Fsp3) is 0.200. The monoisotopic (exact) mass is 325 g/mol. The van der Waals surface area contributed by atoms with Gasteiger partial charge in [-0.25, -0.2) is 14.5 Å². The Kier molecular flexibility index (Phi) is 3.73. The van der Waals surface area contributed by atoms with Gasteiger partial charge in [-0.3, -0.25) is 4.98 Å². The van der Waals surface area contributed by atoms with Crippen LogP contribution in [-0.2, 0) is 6.54 Å². The highest BCUT2D eigenvalue weighted by Gasteiger charge is 2.09. The summed E-state index contributed by atoms with van der Waals surface area (Å²) in [5.74, 6) is 0. The molecule has 23 heavy (non-hydrogen) atoms. The number of nitrogens with zero attached hydrogens (tertiary/aromatic N) is 6. The van der Waals surface area contributed by atoms with E-state index in [1.807, 2.05) is 41.6 Å². The predicted octanol–water partition coefficient (Wildman–Crippen LogP) is 2.55. The molecule has 116 valence electrons. The van der Waals surface area contributed by atoms with Crippen LogP contribution >= 0.6 is 11.3 Å². The topological polar surface area (TPSA) is 72.9 Å². The number of imidazole rings is 2. The number of hydrogen-bond donors (Lipinski definition) is 1. The van der Waals surface area contributed by atoms with Crippen LogP contribution in [0.4, 0.5) is 5.13 Å². The van der Waals surface area contributed by atoms with E-state index >= 15 is 0 Å². The van der Waals surface area contributed by atoms with Gasteiger partial charge in [0, 0.05) is 43.4 Å². The second-order valence-electron chi connectivity index (χ2n) is 5.08. The van der Waals surface area contributed by atoms with Crippen molar-refractivity contribution in [3.63, 3.8) is 0 Å². The molecule has 0 fully saturated rings. The number of hydrogen-bond acceptors (Lipinski definition) is 6. The van der Waals surface area contributed by atoms with Crippen molar-refractivity contribution in [1.29, 1.82) is 0 Å². The first kappa shape index (κ1) is 13.9. The zero-order valence-electron chi connectivity index (χ0n) is 12.3. The molecule has 1 N–H and O–H groups in total. The summed E-state index contributed by atoms with van der Waals surface area (Å²) in [6.45, 7) is 1.81. The van der Waals surface area contributed by atoms with Crippen LogP contribution in [0.15, 0.2) is 49.4 Å². The van der Waals surface area contributed by atoms with Gasteiger partial charge in [-0.05, 0) is 18.6 Å². The van der Waals surface area contributed by atoms with Crippen molar-refractivity contribution in [3.8, 4) is 11.3 Å². The molecule has 0 saturated carbocycles. The van der Waals surface area contributed by atoms with Crippen molar-refractivity contribution in [2.75, 3.05) is 11.9 Å². The summed E-state index contributed by atoms with van der Waals surface area (Å²) >= 11 is 1.55. The molecule has 0 amide bonds. The Bertz CT molecular complexity index is 848. The van der Waals surface area contributed by atoms with Gasteiger partial charge in [0.05, 0.1) is 18.2 Å². The first-order chi connectivity index (χ1) is 11.4. The maximum atomic E-state index is 4.60. The predicted molar refractivity (Wildman–Crippen MR) is 89.4 cm³/mol. The van der Waals surface area contributed by atoms with E-state index in [-0.39, 0.29) is 0 Å². The zero-order chi connectivity index (χ0) is 15.5. The van der Waals surface area contributed by atoms with E-state index < -0.39 is 0 Å². The van der Waals surface area contributed by atoms with Gasteiger partial charge in [0.25, 0.3) is 0 Å². The minimum absolute atomic E-state index is 0.865. The highest BCUT2D eigenvalue weighted by atomic mass is 32.1. The summed E-state index contributed by atoms with van der Waals surface area (Å²) in [6.07, 6.45) is 12.1. The highest BCUT2D eigenvalue weighted by molar-refractivity contribution is 7.20. The van der Waals surface area contributed by atoms with Gasteiger partial charge in [-0.2, -0.15) is 0 Å². The molecule has 0 saturated heterocycles. The molecule has 7 nitrogen and oxygen atoms in total. The molecule has 0 aliphatic rings. The number of nitrogens with one attached hydrogen (secondary N) is 1. The minimum atomic E-state index is 0.865. The molecular weight excluding hydrogens is 310 g/mol. The van der Waals surface area contributed by atoms with E-state index in [9.17, 15) is 0 Å². The third kappa shape index (κ3) is 3.07. The van der Waals surface area contributed by atoms with Gasteiger partial charge in [0.15, 0.2) is 0 Å². The first-order valence-corrected chi connectivity index (χ1v) is 8.16. The van der Waals surface area contributed by atoms with Crippen LogP contribution < -0.4 is 5.32 Å². The molecule has 0 atom stereocenters. The summed E-state index contributed by atoms with van der Waals surface area (Å²) in [7, 11) is 0. The average molecular weight is 325 g/mol. The molecule has 4 aromatic heterocycles. The van der Waals surface area contributed by atoms with Crippen LogP contribution in [0.3, 0.4) is 0 Å². The molecular formula is C15H15N7S. The number of rotatable bonds is 6. The Hall–Kier alpha value is -2.74. The SMILES string of the molecule is c1cncc(-c2cn3nc(NCCCn4ccnc4)sc3n2)c1. The van der Waals surface area contributed by atoms with Crippen LogP contribution in [0.1, 0.15) is 6.42 Å². The lowest BCUT2D eigenvalue weighted by Crippen LogP contribution is -2.05. The minimum Gasteiger partial charge on any atom is -0.360 e. The maximum absolute atomic E-state index is 4.60. The highest BCUT2D eigenvalue weighted by Crippen LogP contribution is 2.23. The van der Waals surface area contributed by atoms with Crippen LogP contribution in [0.2, 0.25) is 0 Å². The van der Waals surface area contributed by atoms with Crippen LogP contribution in [0.25, 0.3) is 16.2 Å². The Morgan fingerprint density at radius 1 is 1.22 bits per heavy atom. The first-order valence-electron chi connectivity index (χ1n) is 7.35. The molecule has 0 unspecified atom stereocenters. The van der Waals surface area contributed by atoms with Gasteiger partial charge in [-0.1, -0.05) is 11.3 Å². The lowest BCUT2D eigenvalue weighted by molar-refractivity contribution is 0.660. The maximum Gasteiger partial charge on any atom is 0.214 e. The summed E-state index contributed by atoms with van der Waals surface area (Å²) in [6, 6.07) is 3.90. The number of anilines is 1. The van der Waals surface area contributed by atoms with Crippen molar-refractivity contribution in [2.24, 2.45) is 0 Å². The molecule has 0 aromatic carbocycles. The summed E-state index contributed by atoms with van der Waals surface area (Å²) in [4.78, 5) is 13.6. The summed E-state index contributed by atoms with van der Waals surface area (Å²) in [5.41, 5.74) is 1.89. The van der Waals surface area contributed by atoms with Gasteiger partial charge < -0.3 is 9.88 Å². The number of fused-ring (bicyclic) bond motifs is 1. The quantitative estimate of drug-likeness (QED) is 0.552. The number of aromatic nitrogens is 6. The third-order valence-corrected chi connectivity index (χ3v) is 4.31. The molecule has 4 aromatic rings. The lowest BCUT2D eigenvalue weighted by atomic mass is 10.2. The van der Waals surface area contributed by atoms with Gasteiger partial charge >= 0.3 is 0 Å². The van der Waals surface area contributed by atoms with Crippen molar-refractivity contribution in [3.05, 3.63) is 49.4 Å². The standard InChI is InChI=1S/C15H15N7S/c1-3-12(9-16-4-1)13-10-22-15(19-13)23-14(20-22)18-5-2-7-21-8-6-17-11-21/h1,3-4,6,8-11H,2,5,7H2,(H,18,20). The lowest BCUT2D eigenvalue weighted by Gasteiger charge is -2.02. The van der Waals surface area contributed by atoms with Crippen LogP contribution in [0, 0.1) is 0 Å². The van der Waals surface area contributed by atoms with Crippen LogP contribution in [0.5, 0.6) is 0 Å². The van der Waals surface area contributed by atoms with E-state index in [0.29, 0.717) is 0 Å². The number of aryl methyl sites for hydroxylation is 1. The van der Waals surface area contributed by atoms with Crippen molar-refractivity contribution in [2.45, 2.75) is 13.0 Å². The summed E-state index contributed by atoms with van der Waals surface area (Å²) in [5, 5.41) is 8.74. The second-order valence-corrected chi connectivity index (χ2v) is 6.04. The second kappa shape index (κ2) is 6.17. The normalized spacial score (nSPS) is 11.1. The third-order valence-electron chi connectivity index (χ3n) is 3.43. The summed E-state index contributed by atoms with van der Waals surface area (Å²) < 4.78 is 3.88. The molecule has 8 heteroatoms. The fourth-order valence-corrected chi connectivity index (χ4v) is 3.11. The largest absolute Gasteiger partial charge is 0.360 e. The van der Waals surface area contributed by atoms with Crippen molar-refractivity contribution in [1.82, 2.24) is 29.1 Å².